The molecule has 8 heteroatoms. The number of ether oxygens (including phenoxy) is 1. The number of amides is 1. The lowest BCUT2D eigenvalue weighted by Gasteiger charge is -2.41. The first-order chi connectivity index (χ1) is 15.6. The standard InChI is InChI=1S/C24H29N5O3/c1-17-13-28(16-25-17)21-8-7-18(12-22(21)31-2)11-19-5-3-10-29-20(15-32-26-24(19)29)14-27-9-4-6-23(27)30/h7-8,11-13,16,20H,3-6,9-10,14-15H2,1-2H3. The highest BCUT2D eigenvalue weighted by Gasteiger charge is 2.34. The van der Waals surface area contributed by atoms with Gasteiger partial charge in [-0.3, -0.25) is 4.79 Å². The van der Waals surface area contributed by atoms with E-state index in [2.05, 4.69) is 27.2 Å². The third-order valence-corrected chi connectivity index (χ3v) is 6.40. The number of rotatable bonds is 5. The second-order valence-electron chi connectivity index (χ2n) is 8.63. The van der Waals surface area contributed by atoms with E-state index >= 15 is 0 Å². The second kappa shape index (κ2) is 8.68. The van der Waals surface area contributed by atoms with Crippen LogP contribution < -0.4 is 4.74 Å². The molecule has 0 bridgehead atoms. The predicted molar refractivity (Wildman–Crippen MR) is 122 cm³/mol. The fourth-order valence-electron chi connectivity index (χ4n) is 4.77. The van der Waals surface area contributed by atoms with Gasteiger partial charge in [0.15, 0.2) is 5.84 Å². The lowest BCUT2D eigenvalue weighted by Crippen LogP contribution is -2.53. The van der Waals surface area contributed by atoms with Gasteiger partial charge in [0, 0.05) is 32.3 Å². The zero-order valence-corrected chi connectivity index (χ0v) is 18.7. The Bertz CT molecular complexity index is 1070. The van der Waals surface area contributed by atoms with Crippen LogP contribution in [0.4, 0.5) is 0 Å². The predicted octanol–water partition coefficient (Wildman–Crippen LogP) is 3.00. The number of hydrogen-bond acceptors (Lipinski definition) is 6. The Labute approximate surface area is 188 Å². The van der Waals surface area contributed by atoms with Gasteiger partial charge in [0.1, 0.15) is 12.4 Å². The minimum absolute atomic E-state index is 0.148. The molecule has 3 aliphatic rings. The maximum Gasteiger partial charge on any atom is 0.222 e. The number of hydrogen-bond donors (Lipinski definition) is 0. The molecule has 1 amide bonds. The van der Waals surface area contributed by atoms with E-state index in [1.165, 1.54) is 0 Å². The average molecular weight is 436 g/mol. The molecule has 0 radical (unpaired) electrons. The molecule has 2 aromatic rings. The zero-order chi connectivity index (χ0) is 22.1. The normalized spacial score (nSPS) is 22.1. The molecule has 1 aromatic carbocycles. The van der Waals surface area contributed by atoms with E-state index < -0.39 is 0 Å². The maximum atomic E-state index is 12.1. The fraction of sp³-hybridized carbons (Fsp3) is 0.458. The van der Waals surface area contributed by atoms with Crippen molar-refractivity contribution in [3.05, 3.63) is 47.6 Å². The van der Waals surface area contributed by atoms with Crippen LogP contribution in [-0.4, -0.2) is 70.5 Å². The van der Waals surface area contributed by atoms with Gasteiger partial charge in [-0.15, -0.1) is 0 Å². The third kappa shape index (κ3) is 3.97. The highest BCUT2D eigenvalue weighted by atomic mass is 16.6. The van der Waals surface area contributed by atoms with Crippen molar-refractivity contribution >= 4 is 17.8 Å². The topological polar surface area (TPSA) is 72.2 Å². The van der Waals surface area contributed by atoms with E-state index in [1.54, 1.807) is 13.4 Å². The fourth-order valence-corrected chi connectivity index (χ4v) is 4.77. The Balaban J connectivity index is 1.39. The van der Waals surface area contributed by atoms with Crippen LogP contribution in [0.2, 0.25) is 0 Å². The first-order valence-corrected chi connectivity index (χ1v) is 11.3. The van der Waals surface area contributed by atoms with Gasteiger partial charge in [0.25, 0.3) is 0 Å². The number of aromatic nitrogens is 2. The summed E-state index contributed by atoms with van der Waals surface area (Å²) in [4.78, 5) is 26.3. The minimum atomic E-state index is 0.148. The summed E-state index contributed by atoms with van der Waals surface area (Å²) in [5, 5.41) is 4.41. The van der Waals surface area contributed by atoms with E-state index in [4.69, 9.17) is 9.57 Å². The number of imidazole rings is 1. The van der Waals surface area contributed by atoms with Crippen LogP contribution in [0.5, 0.6) is 5.75 Å². The molecule has 5 rings (SSSR count). The van der Waals surface area contributed by atoms with Crippen LogP contribution in [0, 0.1) is 6.92 Å². The van der Waals surface area contributed by atoms with Crippen LogP contribution >= 0.6 is 0 Å². The molecule has 0 N–H and O–H groups in total. The number of likely N-dealkylation sites (tertiary alicyclic amines) is 1. The minimum Gasteiger partial charge on any atom is -0.495 e. The number of aryl methyl sites for hydroxylation is 1. The average Bonchev–Trinajstić information content (AvgIpc) is 3.42. The summed E-state index contributed by atoms with van der Waals surface area (Å²) in [6.07, 6.45) is 9.56. The Kier molecular flexibility index (Phi) is 5.59. The van der Waals surface area contributed by atoms with Gasteiger partial charge < -0.3 is 23.9 Å². The summed E-state index contributed by atoms with van der Waals surface area (Å²) in [6, 6.07) is 6.33. The molecular weight excluding hydrogens is 406 g/mol. The lowest BCUT2D eigenvalue weighted by atomic mass is 9.98. The molecule has 1 atom stereocenters. The number of oxime groups is 1. The van der Waals surface area contributed by atoms with Gasteiger partial charge in [-0.1, -0.05) is 11.2 Å². The van der Waals surface area contributed by atoms with E-state index in [9.17, 15) is 4.79 Å². The van der Waals surface area contributed by atoms with Gasteiger partial charge in [-0.25, -0.2) is 4.98 Å². The molecule has 32 heavy (non-hydrogen) atoms. The first-order valence-electron chi connectivity index (χ1n) is 11.3. The molecule has 168 valence electrons. The van der Waals surface area contributed by atoms with Crippen molar-refractivity contribution in [1.29, 1.82) is 0 Å². The molecule has 2 saturated heterocycles. The van der Waals surface area contributed by atoms with E-state index in [-0.39, 0.29) is 11.9 Å². The lowest BCUT2D eigenvalue weighted by molar-refractivity contribution is -0.128. The maximum absolute atomic E-state index is 12.1. The third-order valence-electron chi connectivity index (χ3n) is 6.40. The summed E-state index contributed by atoms with van der Waals surface area (Å²) in [6.45, 7) is 4.98. The SMILES string of the molecule is COc1cc(C=C2CCCN3C2=NOCC3CN2CCCC2=O)ccc1-n1cnc(C)c1. The van der Waals surface area contributed by atoms with Crippen LogP contribution in [0.25, 0.3) is 11.8 Å². The molecule has 0 aliphatic carbocycles. The summed E-state index contributed by atoms with van der Waals surface area (Å²) in [5.74, 6) is 1.94. The molecule has 8 nitrogen and oxygen atoms in total. The number of carbonyl (C=O) groups excluding carboxylic acids is 1. The summed E-state index contributed by atoms with van der Waals surface area (Å²) >= 11 is 0. The molecule has 3 aliphatic heterocycles. The van der Waals surface area contributed by atoms with Crippen molar-refractivity contribution in [3.63, 3.8) is 0 Å². The van der Waals surface area contributed by atoms with Crippen LogP contribution in [0.1, 0.15) is 36.9 Å². The van der Waals surface area contributed by atoms with Crippen molar-refractivity contribution in [2.24, 2.45) is 5.16 Å². The second-order valence-corrected chi connectivity index (χ2v) is 8.63. The molecule has 1 aromatic heterocycles. The number of carbonyl (C=O) groups is 1. The molecule has 0 spiro atoms. The van der Waals surface area contributed by atoms with Crippen molar-refractivity contribution in [1.82, 2.24) is 19.4 Å². The molecule has 2 fully saturated rings. The first kappa shape index (κ1) is 20.6. The van der Waals surface area contributed by atoms with Gasteiger partial charge in [-0.2, -0.15) is 0 Å². The van der Waals surface area contributed by atoms with Crippen molar-refractivity contribution in [2.75, 3.05) is 33.4 Å². The Morgan fingerprint density at radius 3 is 2.88 bits per heavy atom. The zero-order valence-electron chi connectivity index (χ0n) is 18.7. The van der Waals surface area contributed by atoms with E-state index in [0.29, 0.717) is 19.6 Å². The molecule has 1 unspecified atom stereocenters. The molecule has 0 saturated carbocycles. The van der Waals surface area contributed by atoms with Crippen molar-refractivity contribution in [2.45, 2.75) is 38.6 Å². The number of nitrogens with zero attached hydrogens (tertiary/aromatic N) is 5. The highest BCUT2D eigenvalue weighted by Crippen LogP contribution is 2.29. The molecule has 4 heterocycles. The van der Waals surface area contributed by atoms with Gasteiger partial charge >= 0.3 is 0 Å². The van der Waals surface area contributed by atoms with Crippen LogP contribution in [-0.2, 0) is 9.63 Å². The smallest absolute Gasteiger partial charge is 0.222 e. The summed E-state index contributed by atoms with van der Waals surface area (Å²) < 4.78 is 7.64. The number of benzene rings is 1. The van der Waals surface area contributed by atoms with Crippen LogP contribution in [0.3, 0.4) is 0 Å². The van der Waals surface area contributed by atoms with E-state index in [0.717, 1.165) is 66.5 Å². The van der Waals surface area contributed by atoms with Gasteiger partial charge in [0.05, 0.1) is 30.9 Å². The van der Waals surface area contributed by atoms with Gasteiger partial charge in [-0.05, 0) is 55.5 Å². The van der Waals surface area contributed by atoms with Crippen molar-refractivity contribution < 1.29 is 14.4 Å². The summed E-state index contributed by atoms with van der Waals surface area (Å²) in [7, 11) is 1.69. The van der Waals surface area contributed by atoms with Gasteiger partial charge in [0.2, 0.25) is 5.91 Å². The molecular formula is C24H29N5O3. The number of methoxy groups -OCH3 is 1. The number of fused-ring (bicyclic) bond motifs is 1. The number of amidine groups is 1. The summed E-state index contributed by atoms with van der Waals surface area (Å²) in [5.41, 5.74) is 4.12. The largest absolute Gasteiger partial charge is 0.495 e. The Morgan fingerprint density at radius 2 is 2.12 bits per heavy atom. The van der Waals surface area contributed by atoms with Crippen LogP contribution in [0.15, 0.2) is 41.5 Å². The quantitative estimate of drug-likeness (QED) is 0.722. The van der Waals surface area contributed by atoms with Crippen molar-refractivity contribution in [3.8, 4) is 11.4 Å². The monoisotopic (exact) mass is 435 g/mol. The Morgan fingerprint density at radius 1 is 1.25 bits per heavy atom. The Hall–Kier alpha value is -3.29. The van der Waals surface area contributed by atoms with E-state index in [1.807, 2.05) is 34.7 Å². The number of piperidine rings is 1. The highest BCUT2D eigenvalue weighted by molar-refractivity contribution is 6.03.